The molecule has 26 heavy (non-hydrogen) atoms. The van der Waals surface area contributed by atoms with E-state index in [0.29, 0.717) is 25.6 Å². The molecule has 154 valence electrons. The summed E-state index contributed by atoms with van der Waals surface area (Å²) in [5.74, 6) is 0.591. The molecule has 0 atom stereocenters. The van der Waals surface area contributed by atoms with E-state index in [9.17, 15) is 13.2 Å². The van der Waals surface area contributed by atoms with E-state index in [4.69, 9.17) is 4.74 Å². The SMILES string of the molecule is CCNC(=NCC(C)(C)NC(=O)OC(C)(C)C)NCCNS(=O)(=O)CC. The number of amides is 1. The Balaban J connectivity index is 4.59. The average molecular weight is 394 g/mol. The van der Waals surface area contributed by atoms with E-state index in [0.717, 1.165) is 0 Å². The largest absolute Gasteiger partial charge is 0.444 e. The van der Waals surface area contributed by atoms with Crippen molar-refractivity contribution in [2.24, 2.45) is 4.99 Å². The molecule has 0 aliphatic heterocycles. The standard InChI is InChI=1S/C16H35N5O4S/c1-8-17-13(18-10-11-20-26(23,24)9-2)19-12-16(6,7)21-14(22)25-15(3,4)5/h20H,8-12H2,1-7H3,(H,21,22)(H2,17,18,19). The van der Waals surface area contributed by atoms with Crippen molar-refractivity contribution in [2.45, 2.75) is 59.6 Å². The van der Waals surface area contributed by atoms with Gasteiger partial charge in [-0.25, -0.2) is 17.9 Å². The van der Waals surface area contributed by atoms with Crippen molar-refractivity contribution in [3.63, 3.8) is 0 Å². The van der Waals surface area contributed by atoms with E-state index >= 15 is 0 Å². The third-order valence-corrected chi connectivity index (χ3v) is 4.34. The van der Waals surface area contributed by atoms with Crippen molar-refractivity contribution in [1.82, 2.24) is 20.7 Å². The van der Waals surface area contributed by atoms with E-state index in [1.54, 1.807) is 27.7 Å². The number of aliphatic imine (C=N–C) groups is 1. The highest BCUT2D eigenvalue weighted by atomic mass is 32.2. The molecule has 0 bridgehead atoms. The maximum atomic E-state index is 11.9. The van der Waals surface area contributed by atoms with Crippen LogP contribution in [0.2, 0.25) is 0 Å². The van der Waals surface area contributed by atoms with Gasteiger partial charge in [0.1, 0.15) is 5.60 Å². The van der Waals surface area contributed by atoms with Crippen molar-refractivity contribution in [1.29, 1.82) is 0 Å². The molecule has 9 nitrogen and oxygen atoms in total. The number of carbonyl (C=O) groups is 1. The van der Waals surface area contributed by atoms with Gasteiger partial charge in [-0.15, -0.1) is 0 Å². The molecule has 10 heteroatoms. The first-order chi connectivity index (χ1) is 11.8. The summed E-state index contributed by atoms with van der Waals surface area (Å²) in [7, 11) is -3.21. The van der Waals surface area contributed by atoms with Crippen molar-refractivity contribution >= 4 is 22.1 Å². The number of nitrogens with zero attached hydrogens (tertiary/aromatic N) is 1. The maximum Gasteiger partial charge on any atom is 0.408 e. The summed E-state index contributed by atoms with van der Waals surface area (Å²) in [4.78, 5) is 16.3. The third kappa shape index (κ3) is 12.8. The summed E-state index contributed by atoms with van der Waals surface area (Å²) < 4.78 is 30.5. The van der Waals surface area contributed by atoms with Gasteiger partial charge in [-0.05, 0) is 48.5 Å². The number of carbonyl (C=O) groups excluding carboxylic acids is 1. The van der Waals surface area contributed by atoms with E-state index in [-0.39, 0.29) is 12.3 Å². The Morgan fingerprint density at radius 1 is 1.04 bits per heavy atom. The quantitative estimate of drug-likeness (QED) is 0.261. The van der Waals surface area contributed by atoms with E-state index in [2.05, 4.69) is 25.7 Å². The summed E-state index contributed by atoms with van der Waals surface area (Å²) in [6.07, 6.45) is -0.496. The molecule has 0 aromatic heterocycles. The first-order valence-corrected chi connectivity index (χ1v) is 10.5. The van der Waals surface area contributed by atoms with Crippen LogP contribution in [-0.4, -0.2) is 63.5 Å². The Bertz CT molecular complexity index is 568. The van der Waals surface area contributed by atoms with Gasteiger partial charge in [-0.3, -0.25) is 4.99 Å². The van der Waals surface area contributed by atoms with Crippen molar-refractivity contribution < 1.29 is 17.9 Å². The summed E-state index contributed by atoms with van der Waals surface area (Å²) in [6, 6.07) is 0. The molecule has 0 fully saturated rings. The molecular weight excluding hydrogens is 358 g/mol. The highest BCUT2D eigenvalue weighted by Gasteiger charge is 2.24. The molecule has 1 amide bonds. The fourth-order valence-electron chi connectivity index (χ4n) is 1.73. The van der Waals surface area contributed by atoms with Crippen LogP contribution in [0.1, 0.15) is 48.5 Å². The summed E-state index contributed by atoms with van der Waals surface area (Å²) in [5, 5.41) is 8.92. The van der Waals surface area contributed by atoms with Crippen LogP contribution >= 0.6 is 0 Å². The molecule has 0 radical (unpaired) electrons. The Hall–Kier alpha value is -1.55. The molecule has 0 rings (SSSR count). The zero-order valence-corrected chi connectivity index (χ0v) is 17.8. The number of hydrogen-bond donors (Lipinski definition) is 4. The lowest BCUT2D eigenvalue weighted by molar-refractivity contribution is 0.0476. The van der Waals surface area contributed by atoms with E-state index in [1.165, 1.54) is 0 Å². The summed E-state index contributed by atoms with van der Waals surface area (Å²) >= 11 is 0. The molecule has 0 aromatic carbocycles. The Morgan fingerprint density at radius 3 is 2.15 bits per heavy atom. The molecule has 0 aliphatic carbocycles. The Morgan fingerprint density at radius 2 is 1.65 bits per heavy atom. The number of hydrogen-bond acceptors (Lipinski definition) is 5. The van der Waals surface area contributed by atoms with Crippen LogP contribution in [0.5, 0.6) is 0 Å². The van der Waals surface area contributed by atoms with Crippen molar-refractivity contribution in [2.75, 3.05) is 31.9 Å². The summed E-state index contributed by atoms with van der Waals surface area (Å²) in [5.41, 5.74) is -1.17. The van der Waals surface area contributed by atoms with Gasteiger partial charge in [0.2, 0.25) is 10.0 Å². The summed E-state index contributed by atoms with van der Waals surface area (Å²) in [6.45, 7) is 14.3. The van der Waals surface area contributed by atoms with Gasteiger partial charge in [0.05, 0.1) is 17.8 Å². The van der Waals surface area contributed by atoms with E-state index < -0.39 is 27.3 Å². The second-order valence-electron chi connectivity index (χ2n) is 7.43. The monoisotopic (exact) mass is 393 g/mol. The van der Waals surface area contributed by atoms with E-state index in [1.807, 2.05) is 20.8 Å². The van der Waals surface area contributed by atoms with Gasteiger partial charge in [-0.1, -0.05) is 0 Å². The van der Waals surface area contributed by atoms with Gasteiger partial charge in [-0.2, -0.15) is 0 Å². The molecule has 0 spiro atoms. The predicted octanol–water partition coefficient (Wildman–Crippen LogP) is 0.784. The van der Waals surface area contributed by atoms with Gasteiger partial charge in [0.15, 0.2) is 5.96 Å². The second-order valence-corrected chi connectivity index (χ2v) is 9.53. The number of guanidine groups is 1. The molecule has 0 saturated carbocycles. The number of alkyl carbamates (subject to hydrolysis) is 1. The minimum atomic E-state index is -3.21. The smallest absolute Gasteiger partial charge is 0.408 e. The highest BCUT2D eigenvalue weighted by Crippen LogP contribution is 2.09. The minimum Gasteiger partial charge on any atom is -0.444 e. The molecule has 0 aliphatic rings. The van der Waals surface area contributed by atoms with Crippen LogP contribution in [0.4, 0.5) is 4.79 Å². The van der Waals surface area contributed by atoms with Crippen LogP contribution in [0, 0.1) is 0 Å². The van der Waals surface area contributed by atoms with Crippen molar-refractivity contribution in [3.8, 4) is 0 Å². The molecule has 0 aromatic rings. The van der Waals surface area contributed by atoms with Gasteiger partial charge < -0.3 is 20.7 Å². The fourth-order valence-corrected chi connectivity index (χ4v) is 2.34. The van der Waals surface area contributed by atoms with Crippen LogP contribution in [0.15, 0.2) is 4.99 Å². The first kappa shape index (κ1) is 24.5. The van der Waals surface area contributed by atoms with Crippen LogP contribution in [0.3, 0.4) is 0 Å². The normalized spacial score (nSPS) is 13.3. The lowest BCUT2D eigenvalue weighted by atomic mass is 10.1. The topological polar surface area (TPSA) is 121 Å². The number of nitrogens with one attached hydrogen (secondary N) is 4. The highest BCUT2D eigenvalue weighted by molar-refractivity contribution is 7.89. The molecule has 0 unspecified atom stereocenters. The Kier molecular flexibility index (Phi) is 9.93. The number of sulfonamides is 1. The third-order valence-electron chi connectivity index (χ3n) is 2.94. The van der Waals surface area contributed by atoms with Gasteiger partial charge in [0, 0.05) is 19.6 Å². The van der Waals surface area contributed by atoms with Gasteiger partial charge >= 0.3 is 6.09 Å². The lowest BCUT2D eigenvalue weighted by Gasteiger charge is -2.27. The van der Waals surface area contributed by atoms with Crippen molar-refractivity contribution in [3.05, 3.63) is 0 Å². The first-order valence-electron chi connectivity index (χ1n) is 8.81. The lowest BCUT2D eigenvalue weighted by Crippen LogP contribution is -2.49. The van der Waals surface area contributed by atoms with Crippen LogP contribution in [0.25, 0.3) is 0 Å². The Labute approximate surface area is 157 Å². The van der Waals surface area contributed by atoms with Crippen LogP contribution in [-0.2, 0) is 14.8 Å². The molecule has 0 heterocycles. The zero-order valence-electron chi connectivity index (χ0n) is 17.0. The molecule has 4 N–H and O–H groups in total. The minimum absolute atomic E-state index is 0.0473. The maximum absolute atomic E-state index is 11.9. The number of rotatable bonds is 9. The van der Waals surface area contributed by atoms with Crippen LogP contribution < -0.4 is 20.7 Å². The number of ether oxygens (including phenoxy) is 1. The van der Waals surface area contributed by atoms with Gasteiger partial charge in [0.25, 0.3) is 0 Å². The molecule has 0 saturated heterocycles. The zero-order chi connectivity index (χ0) is 20.4. The average Bonchev–Trinajstić information content (AvgIpc) is 2.46. The fraction of sp³-hybridized carbons (Fsp3) is 0.875. The molecular formula is C16H35N5O4S. The second kappa shape index (κ2) is 10.6. The predicted molar refractivity (Wildman–Crippen MR) is 105 cm³/mol.